The molecule has 3 heteroatoms. The van der Waals surface area contributed by atoms with Gasteiger partial charge in [0.05, 0.1) is 22.1 Å². The van der Waals surface area contributed by atoms with Gasteiger partial charge >= 0.3 is 0 Å². The summed E-state index contributed by atoms with van der Waals surface area (Å²) in [6.07, 6.45) is 6.23. The van der Waals surface area contributed by atoms with Crippen molar-refractivity contribution in [3.8, 4) is 16.8 Å². The summed E-state index contributed by atoms with van der Waals surface area (Å²) in [4.78, 5) is 4.51. The molecule has 0 atom stereocenters. The molecule has 41 heavy (non-hydrogen) atoms. The van der Waals surface area contributed by atoms with Crippen LogP contribution in [0, 0.1) is 6.92 Å². The van der Waals surface area contributed by atoms with E-state index >= 15 is 0 Å². The maximum absolute atomic E-state index is 4.51. The van der Waals surface area contributed by atoms with Gasteiger partial charge in [0, 0.05) is 57.0 Å². The van der Waals surface area contributed by atoms with E-state index in [0.717, 1.165) is 0 Å². The molecule has 3 aromatic heterocycles. The Morgan fingerprint density at radius 3 is 1.98 bits per heavy atom. The van der Waals surface area contributed by atoms with Gasteiger partial charge in [-0.15, -0.1) is 0 Å². The quantitative estimate of drug-likeness (QED) is 0.221. The van der Waals surface area contributed by atoms with Gasteiger partial charge in [-0.1, -0.05) is 72.8 Å². The lowest BCUT2D eigenvalue weighted by Crippen LogP contribution is -1.94. The molecule has 0 unspecified atom stereocenters. The Balaban J connectivity index is 1.34. The molecule has 0 saturated heterocycles. The average molecular weight is 524 g/mol. The number of nitrogens with zero attached hydrogens (tertiary/aromatic N) is 3. The van der Waals surface area contributed by atoms with Crippen molar-refractivity contribution >= 4 is 55.4 Å². The van der Waals surface area contributed by atoms with Crippen molar-refractivity contribution in [1.82, 2.24) is 14.1 Å². The van der Waals surface area contributed by atoms with Gasteiger partial charge in [0.15, 0.2) is 0 Å². The van der Waals surface area contributed by atoms with Crippen molar-refractivity contribution < 1.29 is 0 Å². The van der Waals surface area contributed by atoms with E-state index in [1.807, 2.05) is 12.4 Å². The first-order chi connectivity index (χ1) is 20.3. The molecule has 3 heterocycles. The van der Waals surface area contributed by atoms with Gasteiger partial charge in [0.1, 0.15) is 0 Å². The first-order valence-electron chi connectivity index (χ1n) is 14.1. The Morgan fingerprint density at radius 2 is 1.22 bits per heavy atom. The maximum Gasteiger partial charge on any atom is 0.0541 e. The normalized spacial score (nSPS) is 13.5. The fourth-order valence-electron chi connectivity index (χ4n) is 6.96. The second kappa shape index (κ2) is 8.30. The van der Waals surface area contributed by atoms with Crippen LogP contribution in [0.5, 0.6) is 0 Å². The number of hydrogen-bond donors (Lipinski definition) is 0. The lowest BCUT2D eigenvalue weighted by Gasteiger charge is -2.10. The van der Waals surface area contributed by atoms with Gasteiger partial charge in [-0.3, -0.25) is 4.98 Å². The van der Waals surface area contributed by atoms with Crippen molar-refractivity contribution in [2.45, 2.75) is 6.92 Å². The molecule has 1 aliphatic rings. The fourth-order valence-corrected chi connectivity index (χ4v) is 6.96. The third kappa shape index (κ3) is 3.06. The zero-order valence-corrected chi connectivity index (χ0v) is 22.5. The number of pyridine rings is 1. The van der Waals surface area contributed by atoms with Gasteiger partial charge < -0.3 is 9.13 Å². The molecule has 9 rings (SSSR count). The summed E-state index contributed by atoms with van der Waals surface area (Å²) in [5.74, 6) is 0. The Kier molecular flexibility index (Phi) is 4.53. The number of fused-ring (bicyclic) bond motifs is 9. The zero-order valence-electron chi connectivity index (χ0n) is 22.5. The van der Waals surface area contributed by atoms with Crippen LogP contribution in [0.4, 0.5) is 0 Å². The summed E-state index contributed by atoms with van der Waals surface area (Å²) in [6.45, 7) is 2.20. The standard InChI is InChI=1S/C38H25N3/c1-24-9-8-13-30-26-19-20-39-22-32(26)33(38(24)30)23-40-34-14-5-2-12-29(34)31-21-25(17-18-35(31)40)41-36-15-6-3-10-27(36)28-11-4-7-16-37(28)41/h2-23H,1H3/b33-23-. The van der Waals surface area contributed by atoms with Gasteiger partial charge in [-0.05, 0) is 71.6 Å². The molecule has 3 nitrogen and oxygen atoms in total. The fraction of sp³-hybridized carbons (Fsp3) is 0.0263. The lowest BCUT2D eigenvalue weighted by atomic mass is 10.00. The highest BCUT2D eigenvalue weighted by Gasteiger charge is 2.25. The Hall–Kier alpha value is -5.41. The zero-order chi connectivity index (χ0) is 27.1. The lowest BCUT2D eigenvalue weighted by molar-refractivity contribution is 1.18. The Morgan fingerprint density at radius 1 is 0.561 bits per heavy atom. The summed E-state index contributed by atoms with van der Waals surface area (Å²) >= 11 is 0. The van der Waals surface area contributed by atoms with E-state index < -0.39 is 0 Å². The monoisotopic (exact) mass is 523 g/mol. The molecule has 192 valence electrons. The van der Waals surface area contributed by atoms with Crippen LogP contribution in [-0.2, 0) is 0 Å². The van der Waals surface area contributed by atoms with E-state index in [1.165, 1.54) is 82.7 Å². The Labute approximate surface area is 237 Å². The number of rotatable bonds is 2. The van der Waals surface area contributed by atoms with Crippen LogP contribution in [0.25, 0.3) is 72.2 Å². The number of benzene rings is 5. The Bertz CT molecular complexity index is 2330. The minimum Gasteiger partial charge on any atom is -0.315 e. The van der Waals surface area contributed by atoms with Gasteiger partial charge in [-0.25, -0.2) is 0 Å². The molecular weight excluding hydrogens is 498 g/mol. The summed E-state index contributed by atoms with van der Waals surface area (Å²) in [5, 5.41) is 5.04. The molecular formula is C38H25N3. The van der Waals surface area contributed by atoms with Crippen LogP contribution in [0.3, 0.4) is 0 Å². The van der Waals surface area contributed by atoms with E-state index in [2.05, 4.69) is 143 Å². The second-order valence-electron chi connectivity index (χ2n) is 10.9. The number of hydrogen-bond acceptors (Lipinski definition) is 1. The summed E-state index contributed by atoms with van der Waals surface area (Å²) in [6, 6.07) is 41.7. The molecule has 0 saturated carbocycles. The number of aromatic nitrogens is 3. The van der Waals surface area contributed by atoms with Crippen molar-refractivity contribution in [3.63, 3.8) is 0 Å². The highest BCUT2D eigenvalue weighted by atomic mass is 15.0. The predicted molar refractivity (Wildman–Crippen MR) is 171 cm³/mol. The van der Waals surface area contributed by atoms with Crippen molar-refractivity contribution in [2.24, 2.45) is 0 Å². The molecule has 0 bridgehead atoms. The van der Waals surface area contributed by atoms with Crippen LogP contribution >= 0.6 is 0 Å². The van der Waals surface area contributed by atoms with E-state index in [1.54, 1.807) is 0 Å². The molecule has 0 aliphatic heterocycles. The van der Waals surface area contributed by atoms with Crippen molar-refractivity contribution in [3.05, 3.63) is 144 Å². The van der Waals surface area contributed by atoms with Crippen LogP contribution in [0.2, 0.25) is 0 Å². The highest BCUT2D eigenvalue weighted by Crippen LogP contribution is 2.46. The number of aryl methyl sites for hydroxylation is 1. The van der Waals surface area contributed by atoms with E-state index in [-0.39, 0.29) is 0 Å². The average Bonchev–Trinajstić information content (AvgIpc) is 3.64. The molecule has 8 aromatic rings. The smallest absolute Gasteiger partial charge is 0.0541 e. The highest BCUT2D eigenvalue weighted by molar-refractivity contribution is 6.14. The molecule has 0 radical (unpaired) electrons. The first kappa shape index (κ1) is 22.4. The number of para-hydroxylation sites is 3. The minimum atomic E-state index is 1.17. The molecule has 0 fully saturated rings. The maximum atomic E-state index is 4.51. The van der Waals surface area contributed by atoms with Crippen LogP contribution in [-0.4, -0.2) is 14.1 Å². The molecule has 0 spiro atoms. The van der Waals surface area contributed by atoms with Crippen LogP contribution in [0.15, 0.2) is 128 Å². The van der Waals surface area contributed by atoms with E-state index in [9.17, 15) is 0 Å². The topological polar surface area (TPSA) is 22.8 Å². The van der Waals surface area contributed by atoms with Crippen molar-refractivity contribution in [1.29, 1.82) is 0 Å². The summed E-state index contributed by atoms with van der Waals surface area (Å²) < 4.78 is 4.77. The SMILES string of the molecule is Cc1cccc2c1/C(=C\n1c3ccccc3c3cc(-n4c5ccccc5c5ccccc54)ccc31)c1cnccc1-2. The second-order valence-corrected chi connectivity index (χ2v) is 10.9. The van der Waals surface area contributed by atoms with Gasteiger partial charge in [-0.2, -0.15) is 0 Å². The molecule has 0 amide bonds. The predicted octanol–water partition coefficient (Wildman–Crippen LogP) is 9.62. The van der Waals surface area contributed by atoms with E-state index in [4.69, 9.17) is 0 Å². The first-order valence-corrected chi connectivity index (χ1v) is 14.1. The van der Waals surface area contributed by atoms with Gasteiger partial charge in [0.2, 0.25) is 0 Å². The van der Waals surface area contributed by atoms with Gasteiger partial charge in [0.25, 0.3) is 0 Å². The minimum absolute atomic E-state index is 1.17. The molecule has 0 N–H and O–H groups in total. The third-order valence-electron chi connectivity index (χ3n) is 8.73. The third-order valence-corrected chi connectivity index (χ3v) is 8.73. The summed E-state index contributed by atoms with van der Waals surface area (Å²) in [7, 11) is 0. The molecule has 5 aromatic carbocycles. The van der Waals surface area contributed by atoms with E-state index in [0.29, 0.717) is 0 Å². The largest absolute Gasteiger partial charge is 0.315 e. The van der Waals surface area contributed by atoms with Crippen LogP contribution < -0.4 is 0 Å². The van der Waals surface area contributed by atoms with Crippen LogP contribution in [0.1, 0.15) is 16.7 Å². The summed E-state index contributed by atoms with van der Waals surface area (Å²) in [5.41, 5.74) is 13.5. The van der Waals surface area contributed by atoms with Crippen molar-refractivity contribution in [2.75, 3.05) is 0 Å². The molecule has 1 aliphatic carbocycles.